The largest absolute Gasteiger partial charge is 0.405 e. The summed E-state index contributed by atoms with van der Waals surface area (Å²) in [5.74, 6) is 0. The highest BCUT2D eigenvalue weighted by molar-refractivity contribution is 6.30. The van der Waals surface area contributed by atoms with Crippen molar-refractivity contribution in [2.75, 3.05) is 13.6 Å². The molecule has 1 N–H and O–H groups in total. The molecule has 0 saturated heterocycles. The normalized spacial score (nSPS) is 12.9. The minimum absolute atomic E-state index is 0.356. The Bertz CT molecular complexity index is 434. The van der Waals surface area contributed by atoms with Crippen LogP contribution in [0, 0.1) is 0 Å². The van der Waals surface area contributed by atoms with Crippen LogP contribution in [0.4, 0.5) is 18.0 Å². The Labute approximate surface area is 114 Å². The summed E-state index contributed by atoms with van der Waals surface area (Å²) < 4.78 is 36.0. The summed E-state index contributed by atoms with van der Waals surface area (Å²) in [6.45, 7) is 0.375. The number of nitrogens with one attached hydrogen (secondary N) is 1. The minimum Gasteiger partial charge on any atom is -0.329 e. The summed E-state index contributed by atoms with van der Waals surface area (Å²) in [5, 5.41) is 2.38. The lowest BCUT2D eigenvalue weighted by Gasteiger charge is -2.26. The van der Waals surface area contributed by atoms with E-state index >= 15 is 0 Å². The summed E-state index contributed by atoms with van der Waals surface area (Å²) >= 11 is 5.74. The highest BCUT2D eigenvalue weighted by Crippen LogP contribution is 2.21. The van der Waals surface area contributed by atoms with Gasteiger partial charge >= 0.3 is 12.2 Å². The molecule has 0 aromatic heterocycles. The van der Waals surface area contributed by atoms with Crippen LogP contribution < -0.4 is 5.32 Å². The molecule has 0 heterocycles. The number of benzene rings is 1. The van der Waals surface area contributed by atoms with Gasteiger partial charge in [0.15, 0.2) is 0 Å². The van der Waals surface area contributed by atoms with Gasteiger partial charge in [-0.1, -0.05) is 23.7 Å². The highest BCUT2D eigenvalue weighted by Gasteiger charge is 2.29. The summed E-state index contributed by atoms with van der Waals surface area (Å²) in [6, 6.07) is 5.63. The van der Waals surface area contributed by atoms with Crippen molar-refractivity contribution in [2.24, 2.45) is 0 Å². The van der Waals surface area contributed by atoms with Gasteiger partial charge in [0.25, 0.3) is 0 Å². The molecule has 1 atom stereocenters. The molecule has 1 rings (SSSR count). The predicted octanol–water partition coefficient (Wildman–Crippen LogP) is 3.60. The average molecular weight is 295 g/mol. The first-order chi connectivity index (χ1) is 8.70. The lowest BCUT2D eigenvalue weighted by atomic mass is 10.1. The molecule has 3 nitrogen and oxygen atoms in total. The number of carbonyl (C=O) groups is 1. The fourth-order valence-electron chi connectivity index (χ4n) is 1.44. The molecule has 0 aliphatic carbocycles. The van der Waals surface area contributed by atoms with Crippen molar-refractivity contribution in [3.8, 4) is 0 Å². The van der Waals surface area contributed by atoms with Gasteiger partial charge in [0.1, 0.15) is 6.54 Å². The van der Waals surface area contributed by atoms with Gasteiger partial charge in [-0.15, -0.1) is 0 Å². The second-order valence-corrected chi connectivity index (χ2v) is 4.55. The molecule has 0 fully saturated rings. The standard InChI is InChI=1S/C12H14ClF3N2O/c1-8(9-3-5-10(13)6-4-9)18(2)11(19)17-7-12(14,15)16/h3-6,8H,7H2,1-2H3,(H,17,19). The molecule has 2 amide bonds. The number of hydrogen-bond donors (Lipinski definition) is 1. The summed E-state index contributed by atoms with van der Waals surface area (Å²) in [7, 11) is 1.44. The van der Waals surface area contributed by atoms with Crippen molar-refractivity contribution in [3.05, 3.63) is 34.9 Å². The molecule has 7 heteroatoms. The molecule has 106 valence electrons. The van der Waals surface area contributed by atoms with Gasteiger partial charge in [-0.2, -0.15) is 13.2 Å². The van der Waals surface area contributed by atoms with Crippen molar-refractivity contribution in [3.63, 3.8) is 0 Å². The number of hydrogen-bond acceptors (Lipinski definition) is 1. The average Bonchev–Trinajstić information content (AvgIpc) is 2.34. The van der Waals surface area contributed by atoms with E-state index in [2.05, 4.69) is 0 Å². The quantitative estimate of drug-likeness (QED) is 0.907. The van der Waals surface area contributed by atoms with Crippen LogP contribution in [0.3, 0.4) is 0 Å². The Morgan fingerprint density at radius 2 is 1.89 bits per heavy atom. The molecule has 0 radical (unpaired) electrons. The van der Waals surface area contributed by atoms with Gasteiger partial charge in [0, 0.05) is 12.1 Å². The Kier molecular flexibility index (Phi) is 5.05. The van der Waals surface area contributed by atoms with Gasteiger partial charge in [0.05, 0.1) is 6.04 Å². The van der Waals surface area contributed by atoms with Gasteiger partial charge in [-0.25, -0.2) is 4.79 Å². The topological polar surface area (TPSA) is 32.3 Å². The molecule has 0 saturated carbocycles. The third kappa shape index (κ3) is 4.98. The molecule has 1 unspecified atom stereocenters. The Hall–Kier alpha value is -1.43. The van der Waals surface area contributed by atoms with Crippen molar-refractivity contribution in [1.82, 2.24) is 10.2 Å². The van der Waals surface area contributed by atoms with Crippen molar-refractivity contribution >= 4 is 17.6 Å². The van der Waals surface area contributed by atoms with Crippen LogP contribution in [0.15, 0.2) is 24.3 Å². The molecule has 0 spiro atoms. The maximum Gasteiger partial charge on any atom is 0.405 e. The molecule has 0 bridgehead atoms. The van der Waals surface area contributed by atoms with E-state index in [-0.39, 0.29) is 6.04 Å². The fraction of sp³-hybridized carbons (Fsp3) is 0.417. The van der Waals surface area contributed by atoms with E-state index in [0.29, 0.717) is 5.02 Å². The molecule has 19 heavy (non-hydrogen) atoms. The van der Waals surface area contributed by atoms with E-state index in [4.69, 9.17) is 11.6 Å². The summed E-state index contributed by atoms with van der Waals surface area (Å²) in [5.41, 5.74) is 0.786. The van der Waals surface area contributed by atoms with Crippen LogP contribution >= 0.6 is 11.6 Å². The summed E-state index contributed by atoms with van der Waals surface area (Å²) in [4.78, 5) is 12.8. The maximum absolute atomic E-state index is 12.0. The number of urea groups is 1. The molecular formula is C12H14ClF3N2O. The van der Waals surface area contributed by atoms with Crippen LogP contribution in [-0.4, -0.2) is 30.7 Å². The van der Waals surface area contributed by atoms with Gasteiger partial charge in [-0.05, 0) is 24.6 Å². The lowest BCUT2D eigenvalue weighted by Crippen LogP contribution is -2.42. The molecule has 1 aromatic rings. The highest BCUT2D eigenvalue weighted by atomic mass is 35.5. The van der Waals surface area contributed by atoms with Crippen LogP contribution in [0.2, 0.25) is 5.02 Å². The smallest absolute Gasteiger partial charge is 0.329 e. The lowest BCUT2D eigenvalue weighted by molar-refractivity contribution is -0.123. The summed E-state index contributed by atoms with van der Waals surface area (Å²) in [6.07, 6.45) is -4.42. The molecule has 0 aliphatic rings. The van der Waals surface area contributed by atoms with Gasteiger partial charge in [0.2, 0.25) is 0 Å². The second-order valence-electron chi connectivity index (χ2n) is 4.11. The van der Waals surface area contributed by atoms with E-state index in [9.17, 15) is 18.0 Å². The Balaban J connectivity index is 2.63. The monoisotopic (exact) mass is 294 g/mol. The first-order valence-corrected chi connectivity index (χ1v) is 5.91. The van der Waals surface area contributed by atoms with Crippen molar-refractivity contribution in [2.45, 2.75) is 19.1 Å². The predicted molar refractivity (Wildman–Crippen MR) is 67.1 cm³/mol. The molecule has 1 aromatic carbocycles. The zero-order valence-electron chi connectivity index (χ0n) is 10.5. The molecular weight excluding hydrogens is 281 g/mol. The molecule has 0 aliphatic heterocycles. The van der Waals surface area contributed by atoms with Crippen LogP contribution in [0.25, 0.3) is 0 Å². The third-order valence-electron chi connectivity index (χ3n) is 2.69. The number of nitrogens with zero attached hydrogens (tertiary/aromatic N) is 1. The Morgan fingerprint density at radius 1 is 1.37 bits per heavy atom. The van der Waals surface area contributed by atoms with Gasteiger partial charge in [-0.3, -0.25) is 0 Å². The fourth-order valence-corrected chi connectivity index (χ4v) is 1.57. The third-order valence-corrected chi connectivity index (χ3v) is 2.95. The van der Waals surface area contributed by atoms with Crippen LogP contribution in [0.1, 0.15) is 18.5 Å². The van der Waals surface area contributed by atoms with Crippen LogP contribution in [-0.2, 0) is 0 Å². The van der Waals surface area contributed by atoms with E-state index in [0.717, 1.165) is 5.56 Å². The van der Waals surface area contributed by atoms with Gasteiger partial charge < -0.3 is 10.2 Å². The number of alkyl halides is 3. The number of amides is 2. The SMILES string of the molecule is CC(c1ccc(Cl)cc1)N(C)C(=O)NCC(F)(F)F. The second kappa shape index (κ2) is 6.14. The zero-order valence-corrected chi connectivity index (χ0v) is 11.2. The van der Waals surface area contributed by atoms with E-state index in [1.54, 1.807) is 31.2 Å². The van der Waals surface area contributed by atoms with E-state index in [1.165, 1.54) is 11.9 Å². The first kappa shape index (κ1) is 15.6. The maximum atomic E-state index is 12.0. The zero-order chi connectivity index (χ0) is 14.6. The first-order valence-electron chi connectivity index (χ1n) is 5.53. The van der Waals surface area contributed by atoms with Crippen molar-refractivity contribution < 1.29 is 18.0 Å². The number of carbonyl (C=O) groups excluding carboxylic acids is 1. The number of halogens is 4. The number of rotatable bonds is 3. The van der Waals surface area contributed by atoms with Crippen LogP contribution in [0.5, 0.6) is 0 Å². The van der Waals surface area contributed by atoms with E-state index < -0.39 is 18.8 Å². The minimum atomic E-state index is -4.42. The Morgan fingerprint density at radius 3 is 2.37 bits per heavy atom. The van der Waals surface area contributed by atoms with E-state index in [1.807, 2.05) is 5.32 Å². The van der Waals surface area contributed by atoms with Crippen molar-refractivity contribution in [1.29, 1.82) is 0 Å².